The van der Waals surface area contributed by atoms with E-state index in [-0.39, 0.29) is 5.91 Å². The molecule has 0 aromatic carbocycles. The van der Waals surface area contributed by atoms with Crippen molar-refractivity contribution in [1.82, 2.24) is 14.7 Å². The van der Waals surface area contributed by atoms with E-state index in [1.807, 2.05) is 23.7 Å². The van der Waals surface area contributed by atoms with E-state index < -0.39 is 6.04 Å². The second kappa shape index (κ2) is 5.10. The maximum absolute atomic E-state index is 12.2. The summed E-state index contributed by atoms with van der Waals surface area (Å²) in [6, 6.07) is -0.584. The number of hydrogen-bond acceptors (Lipinski definition) is 4. The van der Waals surface area contributed by atoms with Crippen molar-refractivity contribution in [2.24, 2.45) is 12.8 Å². The van der Waals surface area contributed by atoms with Crippen LogP contribution in [0.25, 0.3) is 0 Å². The van der Waals surface area contributed by atoms with Crippen molar-refractivity contribution in [3.8, 4) is 0 Å². The number of carbonyl (C=O) groups is 1. The minimum Gasteiger partial charge on any atom is -0.339 e. The van der Waals surface area contributed by atoms with Crippen LogP contribution in [0, 0.1) is 0 Å². The lowest BCUT2D eigenvalue weighted by Gasteiger charge is -2.32. The van der Waals surface area contributed by atoms with Crippen molar-refractivity contribution < 1.29 is 4.79 Å². The molecule has 1 aromatic heterocycles. The first kappa shape index (κ1) is 12.4. The fourth-order valence-electron chi connectivity index (χ4n) is 1.96. The second-order valence-electron chi connectivity index (χ2n) is 4.39. The average Bonchev–Trinajstić information content (AvgIpc) is 2.74. The van der Waals surface area contributed by atoms with E-state index >= 15 is 0 Å². The van der Waals surface area contributed by atoms with Crippen LogP contribution >= 0.6 is 11.8 Å². The SMILES string of the molecule is CC1CN(C(=O)C(N)c2cnn(C)c2)CCS1. The molecule has 94 valence electrons. The second-order valence-corrected chi connectivity index (χ2v) is 5.94. The highest BCUT2D eigenvalue weighted by Gasteiger charge is 2.27. The van der Waals surface area contributed by atoms with Gasteiger partial charge in [-0.15, -0.1) is 0 Å². The molecule has 0 bridgehead atoms. The molecule has 1 aliphatic rings. The van der Waals surface area contributed by atoms with Crippen LogP contribution in [-0.4, -0.2) is 44.7 Å². The lowest BCUT2D eigenvalue weighted by atomic mass is 10.1. The van der Waals surface area contributed by atoms with Crippen LogP contribution in [0.4, 0.5) is 0 Å². The molecule has 2 rings (SSSR count). The molecule has 0 spiro atoms. The molecule has 2 heterocycles. The van der Waals surface area contributed by atoms with E-state index in [0.717, 1.165) is 24.4 Å². The van der Waals surface area contributed by atoms with Gasteiger partial charge in [-0.3, -0.25) is 9.48 Å². The zero-order valence-electron chi connectivity index (χ0n) is 10.2. The van der Waals surface area contributed by atoms with Gasteiger partial charge in [-0.1, -0.05) is 6.92 Å². The van der Waals surface area contributed by atoms with Gasteiger partial charge in [0, 0.05) is 42.9 Å². The van der Waals surface area contributed by atoms with Crippen molar-refractivity contribution in [2.45, 2.75) is 18.2 Å². The standard InChI is InChI=1S/C11H18N4OS/c1-8-6-15(3-4-17-8)11(16)10(12)9-5-13-14(2)7-9/h5,7-8,10H,3-4,6,12H2,1-2H3. The molecule has 0 aliphatic carbocycles. The Morgan fingerprint density at radius 3 is 3.06 bits per heavy atom. The lowest BCUT2D eigenvalue weighted by Crippen LogP contribution is -2.45. The normalized spacial score (nSPS) is 22.5. The number of nitrogens with zero attached hydrogens (tertiary/aromatic N) is 3. The summed E-state index contributed by atoms with van der Waals surface area (Å²) in [6.45, 7) is 3.72. The third-order valence-corrected chi connectivity index (χ3v) is 4.04. The fraction of sp³-hybridized carbons (Fsp3) is 0.636. The topological polar surface area (TPSA) is 64.2 Å². The summed E-state index contributed by atoms with van der Waals surface area (Å²) in [7, 11) is 1.82. The van der Waals surface area contributed by atoms with Crippen molar-refractivity contribution in [3.63, 3.8) is 0 Å². The molecule has 6 heteroatoms. The number of amides is 1. The van der Waals surface area contributed by atoms with Crippen LogP contribution in [0.5, 0.6) is 0 Å². The van der Waals surface area contributed by atoms with Gasteiger partial charge in [0.25, 0.3) is 0 Å². The summed E-state index contributed by atoms with van der Waals surface area (Å²) in [5.41, 5.74) is 6.76. The minimum atomic E-state index is -0.584. The van der Waals surface area contributed by atoms with Crippen LogP contribution in [0.1, 0.15) is 18.5 Å². The maximum atomic E-state index is 12.2. The maximum Gasteiger partial charge on any atom is 0.244 e. The summed E-state index contributed by atoms with van der Waals surface area (Å²) < 4.78 is 1.66. The number of aromatic nitrogens is 2. The Hall–Kier alpha value is -1.01. The average molecular weight is 254 g/mol. The molecule has 5 nitrogen and oxygen atoms in total. The van der Waals surface area contributed by atoms with Gasteiger partial charge in [-0.2, -0.15) is 16.9 Å². The highest BCUT2D eigenvalue weighted by Crippen LogP contribution is 2.20. The first-order valence-electron chi connectivity index (χ1n) is 5.72. The van der Waals surface area contributed by atoms with Gasteiger partial charge in [0.1, 0.15) is 6.04 Å². The molecule has 1 aromatic rings. The third kappa shape index (κ3) is 2.81. The van der Waals surface area contributed by atoms with Crippen molar-refractivity contribution in [3.05, 3.63) is 18.0 Å². The summed E-state index contributed by atoms with van der Waals surface area (Å²) in [5.74, 6) is 0.997. The first-order valence-corrected chi connectivity index (χ1v) is 6.77. The van der Waals surface area contributed by atoms with E-state index in [0.29, 0.717) is 5.25 Å². The summed E-state index contributed by atoms with van der Waals surface area (Å²) in [6.07, 6.45) is 3.45. The van der Waals surface area contributed by atoms with Gasteiger partial charge in [0.2, 0.25) is 5.91 Å². The molecule has 1 saturated heterocycles. The quantitative estimate of drug-likeness (QED) is 0.829. The van der Waals surface area contributed by atoms with E-state index in [1.54, 1.807) is 17.1 Å². The Kier molecular flexibility index (Phi) is 3.73. The van der Waals surface area contributed by atoms with Crippen LogP contribution < -0.4 is 5.73 Å². The van der Waals surface area contributed by atoms with Gasteiger partial charge in [0.15, 0.2) is 0 Å². The third-order valence-electron chi connectivity index (χ3n) is 2.90. The Morgan fingerprint density at radius 2 is 2.47 bits per heavy atom. The minimum absolute atomic E-state index is 0.00477. The Labute approximate surface area is 105 Å². The number of nitrogens with two attached hydrogens (primary N) is 1. The smallest absolute Gasteiger partial charge is 0.244 e. The van der Waals surface area contributed by atoms with Crippen LogP contribution in [0.15, 0.2) is 12.4 Å². The van der Waals surface area contributed by atoms with Crippen molar-refractivity contribution in [1.29, 1.82) is 0 Å². The molecular formula is C11H18N4OS. The van der Waals surface area contributed by atoms with Crippen molar-refractivity contribution >= 4 is 17.7 Å². The van der Waals surface area contributed by atoms with Crippen molar-refractivity contribution in [2.75, 3.05) is 18.8 Å². The van der Waals surface area contributed by atoms with Crippen LogP contribution in [-0.2, 0) is 11.8 Å². The molecule has 2 N–H and O–H groups in total. The molecule has 1 aliphatic heterocycles. The molecule has 1 fully saturated rings. The highest BCUT2D eigenvalue weighted by atomic mass is 32.2. The van der Waals surface area contributed by atoms with Gasteiger partial charge >= 0.3 is 0 Å². The number of hydrogen-bond donors (Lipinski definition) is 1. The monoisotopic (exact) mass is 254 g/mol. The first-order chi connectivity index (χ1) is 8.08. The Bertz CT molecular complexity index is 406. The summed E-state index contributed by atoms with van der Waals surface area (Å²) in [5, 5.41) is 4.54. The Balaban J connectivity index is 2.04. The zero-order chi connectivity index (χ0) is 12.4. The molecule has 0 saturated carbocycles. The predicted molar refractivity (Wildman–Crippen MR) is 68.6 cm³/mol. The van der Waals surface area contributed by atoms with Gasteiger partial charge in [-0.05, 0) is 0 Å². The summed E-state index contributed by atoms with van der Waals surface area (Å²) in [4.78, 5) is 14.1. The van der Waals surface area contributed by atoms with E-state index in [9.17, 15) is 4.79 Å². The summed E-state index contributed by atoms with van der Waals surface area (Å²) >= 11 is 1.90. The number of thioether (sulfide) groups is 1. The van der Waals surface area contributed by atoms with E-state index in [2.05, 4.69) is 12.0 Å². The molecule has 1 amide bonds. The molecule has 2 unspecified atom stereocenters. The molecular weight excluding hydrogens is 236 g/mol. The molecule has 17 heavy (non-hydrogen) atoms. The fourth-order valence-corrected chi connectivity index (χ4v) is 2.97. The van der Waals surface area contributed by atoms with E-state index in [1.165, 1.54) is 0 Å². The van der Waals surface area contributed by atoms with Gasteiger partial charge < -0.3 is 10.6 Å². The van der Waals surface area contributed by atoms with E-state index in [4.69, 9.17) is 5.73 Å². The van der Waals surface area contributed by atoms with Crippen LogP contribution in [0.2, 0.25) is 0 Å². The van der Waals surface area contributed by atoms with Crippen LogP contribution in [0.3, 0.4) is 0 Å². The largest absolute Gasteiger partial charge is 0.339 e. The van der Waals surface area contributed by atoms with Gasteiger partial charge in [-0.25, -0.2) is 0 Å². The number of aryl methyl sites for hydroxylation is 1. The lowest BCUT2D eigenvalue weighted by molar-refractivity contribution is -0.132. The number of rotatable bonds is 2. The highest BCUT2D eigenvalue weighted by molar-refractivity contribution is 7.99. The predicted octanol–water partition coefficient (Wildman–Crippen LogP) is 0.384. The molecule has 2 atom stereocenters. The molecule has 0 radical (unpaired) electrons. The number of carbonyl (C=O) groups excluding carboxylic acids is 1. The van der Waals surface area contributed by atoms with Gasteiger partial charge in [0.05, 0.1) is 6.20 Å². The zero-order valence-corrected chi connectivity index (χ0v) is 11.0. The Morgan fingerprint density at radius 1 is 1.71 bits per heavy atom.